The lowest BCUT2D eigenvalue weighted by molar-refractivity contribution is 0.110. The van der Waals surface area contributed by atoms with E-state index in [9.17, 15) is 5.11 Å². The van der Waals surface area contributed by atoms with E-state index in [0.717, 1.165) is 50.7 Å². The van der Waals surface area contributed by atoms with Gasteiger partial charge in [0.05, 0.1) is 23.5 Å². The van der Waals surface area contributed by atoms with Crippen LogP contribution >= 0.6 is 11.3 Å². The largest absolute Gasteiger partial charge is 0.396 e. The van der Waals surface area contributed by atoms with Gasteiger partial charge in [-0.2, -0.15) is 5.10 Å². The molecule has 2 aliphatic rings. The van der Waals surface area contributed by atoms with Gasteiger partial charge < -0.3 is 5.11 Å². The van der Waals surface area contributed by atoms with Crippen molar-refractivity contribution in [3.05, 3.63) is 34.0 Å². The summed E-state index contributed by atoms with van der Waals surface area (Å²) in [5.74, 6) is 0.524. The number of nitrogens with zero attached hydrogens (tertiary/aromatic N) is 4. The van der Waals surface area contributed by atoms with Gasteiger partial charge in [-0.15, -0.1) is 11.3 Å². The lowest BCUT2D eigenvalue weighted by Gasteiger charge is -2.27. The van der Waals surface area contributed by atoms with Gasteiger partial charge in [-0.25, -0.2) is 4.98 Å². The minimum atomic E-state index is 0.00288. The molecule has 0 aromatic carbocycles. The van der Waals surface area contributed by atoms with Crippen LogP contribution in [-0.4, -0.2) is 62.9 Å². The molecule has 0 amide bonds. The van der Waals surface area contributed by atoms with E-state index < -0.39 is 0 Å². The van der Waals surface area contributed by atoms with E-state index in [4.69, 9.17) is 0 Å². The zero-order valence-corrected chi connectivity index (χ0v) is 16.7. The summed E-state index contributed by atoms with van der Waals surface area (Å²) >= 11 is 1.65. The molecule has 4 heterocycles. The van der Waals surface area contributed by atoms with Crippen LogP contribution in [0, 0.1) is 11.3 Å². The van der Waals surface area contributed by atoms with Crippen molar-refractivity contribution in [1.29, 1.82) is 0 Å². The predicted octanol–water partition coefficient (Wildman–Crippen LogP) is 2.09. The summed E-state index contributed by atoms with van der Waals surface area (Å²) in [6, 6.07) is 2.19. The van der Waals surface area contributed by atoms with Crippen LogP contribution < -0.4 is 0 Å². The first-order valence-corrected chi connectivity index (χ1v) is 10.3. The molecule has 7 heteroatoms. The van der Waals surface area contributed by atoms with Crippen molar-refractivity contribution in [2.45, 2.75) is 39.3 Å². The van der Waals surface area contributed by atoms with Crippen molar-refractivity contribution in [2.24, 2.45) is 11.3 Å². The fraction of sp³-hybridized carbons (Fsp3) is 0.684. The first-order chi connectivity index (χ1) is 12.4. The molecule has 0 bridgehead atoms. The van der Waals surface area contributed by atoms with Gasteiger partial charge in [0.1, 0.15) is 0 Å². The van der Waals surface area contributed by atoms with Gasteiger partial charge in [-0.1, -0.05) is 20.8 Å². The lowest BCUT2D eigenvalue weighted by Crippen LogP contribution is -2.36. The molecule has 0 aliphatic carbocycles. The second-order valence-corrected chi connectivity index (χ2v) is 9.78. The minimum absolute atomic E-state index is 0.00288. The highest BCUT2D eigenvalue weighted by atomic mass is 32.1. The molecular weight excluding hydrogens is 346 g/mol. The third kappa shape index (κ3) is 3.45. The maximum atomic E-state index is 10.2. The molecule has 0 radical (unpaired) electrons. The Morgan fingerprint density at radius 3 is 2.54 bits per heavy atom. The zero-order chi connectivity index (χ0) is 18.4. The molecule has 0 saturated carbocycles. The van der Waals surface area contributed by atoms with Crippen LogP contribution in [0.1, 0.15) is 37.9 Å². The predicted molar refractivity (Wildman–Crippen MR) is 103 cm³/mol. The molecule has 26 heavy (non-hydrogen) atoms. The zero-order valence-electron chi connectivity index (χ0n) is 15.9. The molecule has 6 nitrogen and oxygen atoms in total. The number of aliphatic hydroxyl groups excluding tert-OH is 1. The van der Waals surface area contributed by atoms with Crippen molar-refractivity contribution in [2.75, 3.05) is 32.8 Å². The van der Waals surface area contributed by atoms with E-state index in [0.29, 0.717) is 5.92 Å². The number of hydrogen-bond acceptors (Lipinski definition) is 6. The number of fused-ring (bicyclic) bond motifs is 1. The van der Waals surface area contributed by atoms with Crippen molar-refractivity contribution in [3.63, 3.8) is 0 Å². The Balaban J connectivity index is 1.39. The SMILES string of the molecule is CC(C)(C)c1cc(CN2CC3CN(Cc4cscn4)CC3(CO)C2)[nH]n1. The Morgan fingerprint density at radius 2 is 2.00 bits per heavy atom. The van der Waals surface area contributed by atoms with Crippen molar-refractivity contribution < 1.29 is 5.11 Å². The monoisotopic (exact) mass is 375 g/mol. The van der Waals surface area contributed by atoms with Gasteiger partial charge >= 0.3 is 0 Å². The fourth-order valence-electron chi connectivity index (χ4n) is 4.48. The molecule has 2 aromatic heterocycles. The first-order valence-electron chi connectivity index (χ1n) is 9.35. The van der Waals surface area contributed by atoms with E-state index >= 15 is 0 Å². The third-order valence-corrected chi connectivity index (χ3v) is 6.51. The number of rotatable bonds is 5. The van der Waals surface area contributed by atoms with Crippen LogP contribution in [0.15, 0.2) is 17.0 Å². The highest BCUT2D eigenvalue weighted by Gasteiger charge is 2.51. The first kappa shape index (κ1) is 18.1. The summed E-state index contributed by atoms with van der Waals surface area (Å²) in [7, 11) is 0. The molecule has 2 atom stereocenters. The smallest absolute Gasteiger partial charge is 0.0795 e. The van der Waals surface area contributed by atoms with Gasteiger partial charge in [0.2, 0.25) is 0 Å². The van der Waals surface area contributed by atoms with Gasteiger partial charge in [0.25, 0.3) is 0 Å². The quantitative estimate of drug-likeness (QED) is 0.838. The topological polar surface area (TPSA) is 68.3 Å². The number of H-pyrrole nitrogens is 1. The van der Waals surface area contributed by atoms with Gasteiger partial charge in [-0.05, 0) is 12.0 Å². The van der Waals surface area contributed by atoms with Crippen LogP contribution in [-0.2, 0) is 18.5 Å². The number of hydrogen-bond donors (Lipinski definition) is 2. The average Bonchev–Trinajstić information content (AvgIpc) is 3.31. The maximum Gasteiger partial charge on any atom is 0.0795 e. The molecule has 2 N–H and O–H groups in total. The van der Waals surface area contributed by atoms with E-state index in [-0.39, 0.29) is 17.4 Å². The third-order valence-electron chi connectivity index (χ3n) is 5.88. The molecule has 0 spiro atoms. The van der Waals surface area contributed by atoms with Crippen LogP contribution in [0.25, 0.3) is 0 Å². The Labute approximate surface area is 159 Å². The Hall–Kier alpha value is -1.28. The van der Waals surface area contributed by atoms with Crippen LogP contribution in [0.2, 0.25) is 0 Å². The molecule has 2 aromatic rings. The molecule has 2 unspecified atom stereocenters. The molecule has 2 fully saturated rings. The molecule has 142 valence electrons. The van der Waals surface area contributed by atoms with Crippen LogP contribution in [0.4, 0.5) is 0 Å². The highest BCUT2D eigenvalue weighted by Crippen LogP contribution is 2.43. The minimum Gasteiger partial charge on any atom is -0.396 e. The summed E-state index contributed by atoms with van der Waals surface area (Å²) in [6.45, 7) is 12.6. The Bertz CT molecular complexity index is 737. The normalized spacial score (nSPS) is 27.3. The number of aromatic amines is 1. The lowest BCUT2D eigenvalue weighted by atomic mass is 9.82. The summed E-state index contributed by atoms with van der Waals surface area (Å²) in [5.41, 5.74) is 5.39. The number of thiazole rings is 1. The van der Waals surface area contributed by atoms with Crippen molar-refractivity contribution >= 4 is 11.3 Å². The summed E-state index contributed by atoms with van der Waals surface area (Å²) in [4.78, 5) is 9.34. The molecule has 2 aliphatic heterocycles. The van der Waals surface area contributed by atoms with Gasteiger partial charge in [0, 0.05) is 61.2 Å². The fourth-order valence-corrected chi connectivity index (χ4v) is 5.03. The Kier molecular flexibility index (Phi) is 4.67. The van der Waals surface area contributed by atoms with E-state index in [2.05, 4.69) is 57.2 Å². The summed E-state index contributed by atoms with van der Waals surface area (Å²) < 4.78 is 0. The molecular formula is C19H29N5OS. The highest BCUT2D eigenvalue weighted by molar-refractivity contribution is 7.07. The Morgan fingerprint density at radius 1 is 1.27 bits per heavy atom. The maximum absolute atomic E-state index is 10.2. The van der Waals surface area contributed by atoms with Crippen molar-refractivity contribution in [1.82, 2.24) is 25.0 Å². The van der Waals surface area contributed by atoms with Gasteiger partial charge in [-0.3, -0.25) is 14.9 Å². The molecule has 2 saturated heterocycles. The van der Waals surface area contributed by atoms with Crippen LogP contribution in [0.5, 0.6) is 0 Å². The van der Waals surface area contributed by atoms with E-state index in [1.54, 1.807) is 11.3 Å². The second-order valence-electron chi connectivity index (χ2n) is 9.06. The van der Waals surface area contributed by atoms with E-state index in [1.807, 2.05) is 5.51 Å². The average molecular weight is 376 g/mol. The van der Waals surface area contributed by atoms with E-state index in [1.165, 1.54) is 5.69 Å². The number of likely N-dealkylation sites (tertiary alicyclic amines) is 2. The number of aliphatic hydroxyl groups is 1. The number of aromatic nitrogens is 3. The van der Waals surface area contributed by atoms with Gasteiger partial charge in [0.15, 0.2) is 0 Å². The summed E-state index contributed by atoms with van der Waals surface area (Å²) in [5, 5.41) is 20.0. The number of nitrogens with one attached hydrogen (secondary N) is 1. The standard InChI is InChI=1S/C19H29N5OS/c1-18(2,3)17-4-15(21-22-17)7-23-5-14-6-24(8-16-9-26-13-20-16)11-19(14,10-23)12-25/h4,9,13-14,25H,5-8,10-12H2,1-3H3,(H,21,22). The van der Waals surface area contributed by atoms with Crippen molar-refractivity contribution in [3.8, 4) is 0 Å². The molecule has 4 rings (SSSR count). The summed E-state index contributed by atoms with van der Waals surface area (Å²) in [6.07, 6.45) is 0. The second kappa shape index (κ2) is 6.71. The van der Waals surface area contributed by atoms with Crippen LogP contribution in [0.3, 0.4) is 0 Å².